The number of fused-ring (bicyclic) bond motifs is 4. The summed E-state index contributed by atoms with van der Waals surface area (Å²) in [5.74, 6) is 0.648. The van der Waals surface area contributed by atoms with Crippen molar-refractivity contribution in [3.63, 3.8) is 0 Å². The average Bonchev–Trinajstić information content (AvgIpc) is 2.53. The van der Waals surface area contributed by atoms with E-state index in [0.717, 1.165) is 38.8 Å². The van der Waals surface area contributed by atoms with E-state index in [1.807, 2.05) is 44.4 Å². The first-order valence-corrected chi connectivity index (χ1v) is 7.53. The molecular weight excluding hydrogens is 286 g/mol. The normalized spacial score (nSPS) is 11.4. The number of nitrogens with one attached hydrogen (secondary N) is 1. The zero-order chi connectivity index (χ0) is 16.1. The van der Waals surface area contributed by atoms with E-state index in [2.05, 4.69) is 17.9 Å². The quantitative estimate of drug-likeness (QED) is 0.428. The molecule has 0 fully saturated rings. The molecule has 0 unspecified atom stereocenters. The standard InChI is InChI=1S/C19H17N3O/c1-11-8-15-17(10-16(11)22(2)3)23-18-9-14(20)12-6-4-5-7-13(12)19(18)21-15/h4-10,20H,1-3H3. The van der Waals surface area contributed by atoms with Crippen LogP contribution >= 0.6 is 0 Å². The number of nitrogens with zero attached hydrogens (tertiary/aromatic N) is 2. The van der Waals surface area contributed by atoms with Crippen LogP contribution in [0.2, 0.25) is 0 Å². The Morgan fingerprint density at radius 1 is 1.04 bits per heavy atom. The fraction of sp³-hybridized carbons (Fsp3) is 0.158. The SMILES string of the molecule is Cc1cc2nc3c4ccccc4c(=N)cc-3oc2cc1N(C)C. The molecule has 0 bridgehead atoms. The van der Waals surface area contributed by atoms with E-state index in [1.165, 1.54) is 0 Å². The summed E-state index contributed by atoms with van der Waals surface area (Å²) in [7, 11) is 4.02. The van der Waals surface area contributed by atoms with Gasteiger partial charge in [-0.15, -0.1) is 0 Å². The van der Waals surface area contributed by atoms with Crippen molar-refractivity contribution in [3.05, 3.63) is 53.4 Å². The van der Waals surface area contributed by atoms with Gasteiger partial charge in [-0.3, -0.25) is 0 Å². The lowest BCUT2D eigenvalue weighted by molar-refractivity contribution is 0.613. The van der Waals surface area contributed by atoms with E-state index in [9.17, 15) is 0 Å². The zero-order valence-corrected chi connectivity index (χ0v) is 13.3. The summed E-state index contributed by atoms with van der Waals surface area (Å²) in [5, 5.41) is 10.5. The average molecular weight is 303 g/mol. The maximum Gasteiger partial charge on any atom is 0.155 e. The predicted molar refractivity (Wildman–Crippen MR) is 93.1 cm³/mol. The highest BCUT2D eigenvalue weighted by Gasteiger charge is 2.15. The van der Waals surface area contributed by atoms with E-state index in [0.29, 0.717) is 11.1 Å². The molecule has 0 atom stereocenters. The van der Waals surface area contributed by atoms with Crippen molar-refractivity contribution in [2.75, 3.05) is 19.0 Å². The number of anilines is 1. The first-order chi connectivity index (χ1) is 11.0. The van der Waals surface area contributed by atoms with Crippen molar-refractivity contribution in [1.82, 2.24) is 4.98 Å². The molecular formula is C19H17N3O. The van der Waals surface area contributed by atoms with Crippen molar-refractivity contribution in [1.29, 1.82) is 5.41 Å². The molecule has 1 heterocycles. The minimum absolute atomic E-state index is 0.456. The second-order valence-corrected chi connectivity index (χ2v) is 6.03. The summed E-state index contributed by atoms with van der Waals surface area (Å²) in [6, 6.07) is 13.7. The molecule has 0 spiro atoms. The van der Waals surface area contributed by atoms with E-state index in [1.54, 1.807) is 6.07 Å². The van der Waals surface area contributed by atoms with E-state index in [-0.39, 0.29) is 0 Å². The summed E-state index contributed by atoms with van der Waals surface area (Å²) in [6.45, 7) is 2.08. The van der Waals surface area contributed by atoms with Gasteiger partial charge in [-0.05, 0) is 18.6 Å². The maximum atomic E-state index is 8.20. The van der Waals surface area contributed by atoms with E-state index < -0.39 is 0 Å². The van der Waals surface area contributed by atoms with Crippen molar-refractivity contribution in [2.24, 2.45) is 0 Å². The molecule has 4 nitrogen and oxygen atoms in total. The summed E-state index contributed by atoms with van der Waals surface area (Å²) in [4.78, 5) is 6.87. The second-order valence-electron chi connectivity index (χ2n) is 6.03. The van der Waals surface area contributed by atoms with Crippen LogP contribution in [0.25, 0.3) is 33.3 Å². The van der Waals surface area contributed by atoms with Crippen LogP contribution in [0.3, 0.4) is 0 Å². The van der Waals surface area contributed by atoms with Crippen molar-refractivity contribution >= 4 is 27.6 Å². The predicted octanol–water partition coefficient (Wildman–Crippen LogP) is 3.94. The molecule has 1 aliphatic carbocycles. The fourth-order valence-electron chi connectivity index (χ4n) is 3.08. The number of rotatable bonds is 1. The molecule has 0 radical (unpaired) electrons. The lowest BCUT2D eigenvalue weighted by atomic mass is 10.0. The van der Waals surface area contributed by atoms with Crippen LogP contribution in [0.15, 0.2) is 46.9 Å². The Bertz CT molecular complexity index is 1080. The van der Waals surface area contributed by atoms with Crippen LogP contribution in [-0.2, 0) is 0 Å². The Morgan fingerprint density at radius 2 is 1.78 bits per heavy atom. The molecule has 2 aliphatic rings. The van der Waals surface area contributed by atoms with Gasteiger partial charge in [-0.1, -0.05) is 24.3 Å². The molecule has 2 aromatic carbocycles. The van der Waals surface area contributed by atoms with Crippen LogP contribution in [0.1, 0.15) is 5.56 Å². The van der Waals surface area contributed by atoms with Gasteiger partial charge in [0.05, 0.1) is 5.36 Å². The van der Waals surface area contributed by atoms with Gasteiger partial charge in [-0.2, -0.15) is 0 Å². The Labute approximate surface area is 133 Å². The van der Waals surface area contributed by atoms with Crippen LogP contribution in [0.4, 0.5) is 5.69 Å². The van der Waals surface area contributed by atoms with E-state index in [4.69, 9.17) is 14.8 Å². The van der Waals surface area contributed by atoms with Gasteiger partial charge >= 0.3 is 0 Å². The molecule has 2 aromatic rings. The third-order valence-corrected chi connectivity index (χ3v) is 4.19. The third-order valence-electron chi connectivity index (χ3n) is 4.19. The minimum Gasteiger partial charge on any atom is -0.453 e. The lowest BCUT2D eigenvalue weighted by Crippen LogP contribution is -2.10. The summed E-state index contributed by atoms with van der Waals surface area (Å²) in [5.41, 5.74) is 4.64. The molecule has 0 saturated carbocycles. The largest absolute Gasteiger partial charge is 0.453 e. The van der Waals surface area contributed by atoms with Crippen molar-refractivity contribution in [3.8, 4) is 11.5 Å². The second kappa shape index (κ2) is 4.81. The molecule has 1 N–H and O–H groups in total. The molecule has 4 rings (SSSR count). The zero-order valence-electron chi connectivity index (χ0n) is 13.3. The van der Waals surface area contributed by atoms with Crippen LogP contribution in [0.5, 0.6) is 0 Å². The molecule has 114 valence electrons. The summed E-state index contributed by atoms with van der Waals surface area (Å²) in [6.07, 6.45) is 0. The number of benzene rings is 3. The monoisotopic (exact) mass is 303 g/mol. The van der Waals surface area contributed by atoms with Gasteiger partial charge in [0.25, 0.3) is 0 Å². The molecule has 0 saturated heterocycles. The highest BCUT2D eigenvalue weighted by Crippen LogP contribution is 2.32. The van der Waals surface area contributed by atoms with Crippen LogP contribution in [-0.4, -0.2) is 19.1 Å². The van der Waals surface area contributed by atoms with Gasteiger partial charge < -0.3 is 14.7 Å². The lowest BCUT2D eigenvalue weighted by Gasteiger charge is -2.17. The minimum atomic E-state index is 0.456. The smallest absolute Gasteiger partial charge is 0.155 e. The van der Waals surface area contributed by atoms with Gasteiger partial charge in [0, 0.05) is 42.7 Å². The Hall–Kier alpha value is -2.88. The Kier molecular flexibility index (Phi) is 2.88. The molecule has 0 amide bonds. The molecule has 4 heteroatoms. The summed E-state index contributed by atoms with van der Waals surface area (Å²) >= 11 is 0. The van der Waals surface area contributed by atoms with Gasteiger partial charge in [0.2, 0.25) is 0 Å². The summed E-state index contributed by atoms with van der Waals surface area (Å²) < 4.78 is 6.07. The molecule has 0 aromatic heterocycles. The highest BCUT2D eigenvalue weighted by molar-refractivity contribution is 5.96. The van der Waals surface area contributed by atoms with Crippen molar-refractivity contribution in [2.45, 2.75) is 6.92 Å². The number of hydrogen-bond donors (Lipinski definition) is 1. The number of hydrogen-bond acceptors (Lipinski definition) is 4. The number of aromatic nitrogens is 1. The van der Waals surface area contributed by atoms with Gasteiger partial charge in [-0.25, -0.2) is 4.98 Å². The van der Waals surface area contributed by atoms with Crippen molar-refractivity contribution < 1.29 is 4.42 Å². The molecule has 1 aliphatic heterocycles. The van der Waals surface area contributed by atoms with Crippen LogP contribution < -0.4 is 10.3 Å². The van der Waals surface area contributed by atoms with Gasteiger partial charge in [0.1, 0.15) is 11.2 Å². The fourth-order valence-corrected chi connectivity index (χ4v) is 3.08. The topological polar surface area (TPSA) is 53.1 Å². The van der Waals surface area contributed by atoms with Crippen LogP contribution in [0, 0.1) is 12.3 Å². The highest BCUT2D eigenvalue weighted by atomic mass is 16.3. The van der Waals surface area contributed by atoms with E-state index >= 15 is 0 Å². The third kappa shape index (κ3) is 2.06. The first-order valence-electron chi connectivity index (χ1n) is 7.53. The molecule has 23 heavy (non-hydrogen) atoms. The van der Waals surface area contributed by atoms with Gasteiger partial charge in [0.15, 0.2) is 11.3 Å². The first kappa shape index (κ1) is 13.8. The maximum absolute atomic E-state index is 8.20. The Morgan fingerprint density at radius 3 is 2.52 bits per heavy atom. The Balaban J connectivity index is 2.15. The number of aryl methyl sites for hydroxylation is 1.